The van der Waals surface area contributed by atoms with Crippen LogP contribution in [0.15, 0.2) is 18.3 Å². The molecule has 0 radical (unpaired) electrons. The predicted molar refractivity (Wildman–Crippen MR) is 102 cm³/mol. The fourth-order valence-corrected chi connectivity index (χ4v) is 3.40. The second kappa shape index (κ2) is 7.55. The summed E-state index contributed by atoms with van der Waals surface area (Å²) < 4.78 is 73.6. The van der Waals surface area contributed by atoms with E-state index in [1.807, 2.05) is 0 Å². The molecule has 5 rings (SSSR count). The summed E-state index contributed by atoms with van der Waals surface area (Å²) >= 11 is 0. The maximum Gasteiger partial charge on any atom is 0.435 e. The van der Waals surface area contributed by atoms with Crippen molar-refractivity contribution < 1.29 is 26.7 Å². The highest BCUT2D eigenvalue weighted by molar-refractivity contribution is 5.76. The molecule has 4 heterocycles. The molecule has 4 aromatic rings. The largest absolute Gasteiger partial charge is 0.435 e. The van der Waals surface area contributed by atoms with Gasteiger partial charge in [0, 0.05) is 13.1 Å². The molecule has 1 aromatic carbocycles. The Balaban J connectivity index is 1.52. The predicted octanol–water partition coefficient (Wildman–Crippen LogP) is 2.75. The Morgan fingerprint density at radius 1 is 1.12 bits per heavy atom. The summed E-state index contributed by atoms with van der Waals surface area (Å²) in [7, 11) is 0. The maximum absolute atomic E-state index is 13.9. The Labute approximate surface area is 176 Å². The summed E-state index contributed by atoms with van der Waals surface area (Å²) in [5, 5.41) is 6.91. The number of alkyl halides is 3. The first-order valence-electron chi connectivity index (χ1n) is 9.53. The summed E-state index contributed by atoms with van der Waals surface area (Å²) in [6.45, 7) is 1.55. The topological polar surface area (TPSA) is 96.3 Å². The number of anilines is 2. The zero-order chi connectivity index (χ0) is 22.5. The Morgan fingerprint density at radius 3 is 2.66 bits per heavy atom. The number of aromatic amines is 1. The van der Waals surface area contributed by atoms with Crippen LogP contribution in [-0.2, 0) is 17.5 Å². The maximum atomic E-state index is 13.9. The van der Waals surface area contributed by atoms with Gasteiger partial charge in [0.05, 0.1) is 31.5 Å². The fraction of sp³-hybridized carbons (Fsp3) is 0.333. The van der Waals surface area contributed by atoms with Gasteiger partial charge in [0.2, 0.25) is 5.95 Å². The molecule has 3 aromatic heterocycles. The van der Waals surface area contributed by atoms with E-state index in [1.54, 1.807) is 4.90 Å². The lowest BCUT2D eigenvalue weighted by atomic mass is 10.3. The summed E-state index contributed by atoms with van der Waals surface area (Å²) in [6, 6.07) is 2.31. The number of nitrogens with zero attached hydrogens (tertiary/aromatic N) is 6. The van der Waals surface area contributed by atoms with Crippen molar-refractivity contribution in [1.29, 1.82) is 0 Å². The van der Waals surface area contributed by atoms with E-state index in [1.165, 1.54) is 6.07 Å². The van der Waals surface area contributed by atoms with Gasteiger partial charge in [0.25, 0.3) is 0 Å². The molecule has 0 bridgehead atoms. The molecule has 9 nitrogen and oxygen atoms in total. The number of morpholine rings is 1. The first-order chi connectivity index (χ1) is 15.3. The van der Waals surface area contributed by atoms with Crippen LogP contribution in [0.1, 0.15) is 11.5 Å². The van der Waals surface area contributed by atoms with Crippen LogP contribution >= 0.6 is 0 Å². The average Bonchev–Trinajstić information content (AvgIpc) is 3.39. The van der Waals surface area contributed by atoms with Crippen molar-refractivity contribution in [2.75, 3.05) is 36.5 Å². The van der Waals surface area contributed by atoms with Crippen LogP contribution in [0.5, 0.6) is 0 Å². The molecule has 1 aliphatic rings. The molecule has 32 heavy (non-hydrogen) atoms. The molecule has 168 valence electrons. The Bertz CT molecular complexity index is 1290. The molecule has 1 saturated heterocycles. The number of hydrogen-bond acceptors (Lipinski definition) is 7. The average molecular weight is 454 g/mol. The molecular weight excluding hydrogens is 439 g/mol. The van der Waals surface area contributed by atoms with E-state index < -0.39 is 23.5 Å². The number of rotatable bonds is 4. The Kier molecular flexibility index (Phi) is 4.80. The number of nitrogens with one attached hydrogen (secondary N) is 2. The number of fused-ring (bicyclic) bond motifs is 2. The van der Waals surface area contributed by atoms with Crippen molar-refractivity contribution >= 4 is 28.4 Å². The SMILES string of the molecule is Fc1ccc2[nH]c(CNc3nc(N4CCOCC4)nn4c(C(F)(F)F)cnc34)nc2c1F. The molecule has 14 heteroatoms. The van der Waals surface area contributed by atoms with Gasteiger partial charge >= 0.3 is 6.18 Å². The van der Waals surface area contributed by atoms with E-state index in [4.69, 9.17) is 4.74 Å². The van der Waals surface area contributed by atoms with Crippen molar-refractivity contribution in [2.45, 2.75) is 12.7 Å². The van der Waals surface area contributed by atoms with E-state index >= 15 is 0 Å². The minimum atomic E-state index is -4.67. The van der Waals surface area contributed by atoms with Crippen LogP contribution in [0.25, 0.3) is 16.7 Å². The number of benzene rings is 1. The zero-order valence-corrected chi connectivity index (χ0v) is 16.2. The third kappa shape index (κ3) is 3.55. The summed E-state index contributed by atoms with van der Waals surface area (Å²) in [4.78, 5) is 16.7. The van der Waals surface area contributed by atoms with Crippen molar-refractivity contribution in [3.05, 3.63) is 41.5 Å². The van der Waals surface area contributed by atoms with Gasteiger partial charge in [-0.2, -0.15) is 18.2 Å². The van der Waals surface area contributed by atoms with Crippen molar-refractivity contribution in [3.8, 4) is 0 Å². The molecule has 1 fully saturated rings. The van der Waals surface area contributed by atoms with E-state index in [2.05, 4.69) is 30.4 Å². The minimum Gasteiger partial charge on any atom is -0.378 e. The Morgan fingerprint density at radius 2 is 1.91 bits per heavy atom. The van der Waals surface area contributed by atoms with Crippen LogP contribution in [0.3, 0.4) is 0 Å². The monoisotopic (exact) mass is 454 g/mol. The third-order valence-corrected chi connectivity index (χ3v) is 4.95. The smallest absolute Gasteiger partial charge is 0.378 e. The van der Waals surface area contributed by atoms with Gasteiger partial charge in [-0.15, -0.1) is 5.10 Å². The highest BCUT2D eigenvalue weighted by Gasteiger charge is 2.36. The van der Waals surface area contributed by atoms with E-state index in [-0.39, 0.29) is 40.8 Å². The number of halogens is 5. The van der Waals surface area contributed by atoms with Gasteiger partial charge in [-0.25, -0.2) is 23.3 Å². The quantitative estimate of drug-likeness (QED) is 0.458. The standard InChI is InChI=1S/C18H15F5N8O/c19-9-1-2-10-14(13(9)20)27-12(26-10)8-24-15-16-25-7-11(18(21,22)23)31(16)29-17(28-15)30-3-5-32-6-4-30/h1-2,7H,3-6,8H2,(H,26,27)(H,24,28,29). The number of ether oxygens (including phenoxy) is 1. The lowest BCUT2D eigenvalue weighted by Gasteiger charge is -2.27. The van der Waals surface area contributed by atoms with Crippen molar-refractivity contribution in [3.63, 3.8) is 0 Å². The van der Waals surface area contributed by atoms with Gasteiger partial charge in [-0.05, 0) is 12.1 Å². The molecule has 0 aliphatic carbocycles. The fourth-order valence-electron chi connectivity index (χ4n) is 3.40. The number of hydrogen-bond donors (Lipinski definition) is 2. The second-order valence-corrected chi connectivity index (χ2v) is 7.03. The van der Waals surface area contributed by atoms with Gasteiger partial charge < -0.3 is 19.9 Å². The summed E-state index contributed by atoms with van der Waals surface area (Å²) in [5.41, 5.74) is -1.08. The molecule has 0 unspecified atom stereocenters. The van der Waals surface area contributed by atoms with Crippen LogP contribution in [0.2, 0.25) is 0 Å². The zero-order valence-electron chi connectivity index (χ0n) is 16.2. The highest BCUT2D eigenvalue weighted by atomic mass is 19.4. The lowest BCUT2D eigenvalue weighted by Crippen LogP contribution is -2.38. The van der Waals surface area contributed by atoms with Crippen LogP contribution in [0, 0.1) is 11.6 Å². The first-order valence-corrected chi connectivity index (χ1v) is 9.53. The molecule has 1 aliphatic heterocycles. The van der Waals surface area contributed by atoms with Gasteiger partial charge in [0.15, 0.2) is 28.8 Å². The van der Waals surface area contributed by atoms with Crippen molar-refractivity contribution in [1.82, 2.24) is 29.5 Å². The summed E-state index contributed by atoms with van der Waals surface area (Å²) in [5.74, 6) is -1.79. The minimum absolute atomic E-state index is 0.0316. The molecule has 0 atom stereocenters. The highest BCUT2D eigenvalue weighted by Crippen LogP contribution is 2.31. The van der Waals surface area contributed by atoms with Gasteiger partial charge in [-0.1, -0.05) is 0 Å². The number of H-pyrrole nitrogens is 1. The first kappa shape index (κ1) is 20.4. The van der Waals surface area contributed by atoms with Gasteiger partial charge in [-0.3, -0.25) is 0 Å². The van der Waals surface area contributed by atoms with Crippen LogP contribution < -0.4 is 10.2 Å². The van der Waals surface area contributed by atoms with Gasteiger partial charge in [0.1, 0.15) is 11.3 Å². The third-order valence-electron chi connectivity index (χ3n) is 4.95. The number of aromatic nitrogens is 6. The van der Waals surface area contributed by atoms with Crippen LogP contribution in [-0.4, -0.2) is 55.9 Å². The van der Waals surface area contributed by atoms with E-state index in [9.17, 15) is 22.0 Å². The van der Waals surface area contributed by atoms with Crippen molar-refractivity contribution in [2.24, 2.45) is 0 Å². The lowest BCUT2D eigenvalue weighted by molar-refractivity contribution is -0.142. The second-order valence-electron chi connectivity index (χ2n) is 7.03. The number of imidazole rings is 2. The molecule has 0 amide bonds. The summed E-state index contributed by atoms with van der Waals surface area (Å²) in [6.07, 6.45) is -3.99. The van der Waals surface area contributed by atoms with E-state index in [0.29, 0.717) is 37.0 Å². The Hall–Kier alpha value is -3.55. The molecule has 0 spiro atoms. The molecular formula is C18H15F5N8O. The van der Waals surface area contributed by atoms with E-state index in [0.717, 1.165) is 6.07 Å². The van der Waals surface area contributed by atoms with Crippen LogP contribution in [0.4, 0.5) is 33.7 Å². The normalized spacial score (nSPS) is 15.1. The molecule has 2 N–H and O–H groups in total. The molecule has 0 saturated carbocycles.